The summed E-state index contributed by atoms with van der Waals surface area (Å²) in [7, 11) is 0. The Labute approximate surface area is 226 Å². The summed E-state index contributed by atoms with van der Waals surface area (Å²) in [4.78, 5) is 20.3. The number of aliphatic carboxylic acids is 1. The van der Waals surface area contributed by atoms with Crippen molar-refractivity contribution in [2.75, 3.05) is 26.4 Å². The lowest BCUT2D eigenvalue weighted by molar-refractivity contribution is -0.137. The van der Waals surface area contributed by atoms with E-state index in [1.165, 1.54) is 0 Å². The molecule has 6 rings (SSSR count). The second-order valence-electron chi connectivity index (χ2n) is 11.1. The highest BCUT2D eigenvalue weighted by molar-refractivity contribution is 5.74. The topological polar surface area (TPSA) is 100 Å². The third-order valence-corrected chi connectivity index (χ3v) is 7.79. The van der Waals surface area contributed by atoms with E-state index < -0.39 is 5.97 Å². The summed E-state index contributed by atoms with van der Waals surface area (Å²) in [5, 5.41) is 9.15. The van der Waals surface area contributed by atoms with Crippen molar-refractivity contribution in [2.24, 2.45) is 5.41 Å². The van der Waals surface area contributed by atoms with E-state index in [1.807, 2.05) is 26.0 Å². The number of carboxylic acids is 1. The molecule has 0 unspecified atom stereocenters. The maximum Gasteiger partial charge on any atom is 0.316 e. The highest BCUT2D eigenvalue weighted by atomic mass is 19.1. The first-order valence-electron chi connectivity index (χ1n) is 13.2. The van der Waals surface area contributed by atoms with Crippen LogP contribution in [0.5, 0.6) is 17.5 Å². The maximum absolute atomic E-state index is 15.0. The van der Waals surface area contributed by atoms with Gasteiger partial charge in [0.15, 0.2) is 0 Å². The molecule has 1 N–H and O–H groups in total. The van der Waals surface area contributed by atoms with Crippen LogP contribution in [0.1, 0.15) is 59.9 Å². The van der Waals surface area contributed by atoms with Gasteiger partial charge in [-0.3, -0.25) is 4.79 Å². The number of aryl methyl sites for hydroxylation is 2. The molecule has 3 aliphatic rings. The SMILES string of the molecule is Cc1nc(OCC2(C)COC2)nc(C)c1-c1cc(F)cc2c1CC[C@H]2Oc1ccc2c(c1)OC[C@H]2CC(=O)O. The zero-order valence-electron chi connectivity index (χ0n) is 22.3. The molecule has 3 aromatic rings. The summed E-state index contributed by atoms with van der Waals surface area (Å²) in [5.74, 6) is -0.118. The number of halogens is 1. The summed E-state index contributed by atoms with van der Waals surface area (Å²) in [5.41, 5.74) is 5.76. The molecular formula is C30H31FN2O6. The normalized spacial score (nSPS) is 20.5. The van der Waals surface area contributed by atoms with Crippen molar-refractivity contribution in [3.63, 3.8) is 0 Å². The molecule has 39 heavy (non-hydrogen) atoms. The number of hydrogen-bond acceptors (Lipinski definition) is 7. The molecule has 8 nitrogen and oxygen atoms in total. The highest BCUT2D eigenvalue weighted by Crippen LogP contribution is 2.44. The minimum absolute atomic E-state index is 0.0205. The average molecular weight is 535 g/mol. The molecule has 1 aliphatic carbocycles. The molecular weight excluding hydrogens is 503 g/mol. The third-order valence-electron chi connectivity index (χ3n) is 7.79. The molecule has 204 valence electrons. The molecule has 0 saturated carbocycles. The largest absolute Gasteiger partial charge is 0.492 e. The van der Waals surface area contributed by atoms with Crippen LogP contribution in [-0.2, 0) is 16.0 Å². The third kappa shape index (κ3) is 4.91. The van der Waals surface area contributed by atoms with Crippen LogP contribution < -0.4 is 14.2 Å². The Morgan fingerprint density at radius 2 is 1.92 bits per heavy atom. The summed E-state index contributed by atoms with van der Waals surface area (Å²) in [6.45, 7) is 8.03. The highest BCUT2D eigenvalue weighted by Gasteiger charge is 2.35. The predicted octanol–water partition coefficient (Wildman–Crippen LogP) is 5.33. The van der Waals surface area contributed by atoms with Gasteiger partial charge >= 0.3 is 12.0 Å². The summed E-state index contributed by atoms with van der Waals surface area (Å²) < 4.78 is 38.2. The first-order valence-corrected chi connectivity index (χ1v) is 13.2. The summed E-state index contributed by atoms with van der Waals surface area (Å²) >= 11 is 0. The van der Waals surface area contributed by atoms with E-state index >= 15 is 0 Å². The van der Waals surface area contributed by atoms with Gasteiger partial charge in [-0.05, 0) is 61.6 Å². The molecule has 0 amide bonds. The molecule has 0 bridgehead atoms. The quantitative estimate of drug-likeness (QED) is 0.414. The maximum atomic E-state index is 15.0. The zero-order valence-corrected chi connectivity index (χ0v) is 22.3. The van der Waals surface area contributed by atoms with Gasteiger partial charge in [0.2, 0.25) is 0 Å². The van der Waals surface area contributed by atoms with Gasteiger partial charge in [-0.15, -0.1) is 0 Å². The van der Waals surface area contributed by atoms with Crippen molar-refractivity contribution < 1.29 is 33.2 Å². The van der Waals surface area contributed by atoms with E-state index in [0.29, 0.717) is 50.4 Å². The Hall–Kier alpha value is -3.72. The number of fused-ring (bicyclic) bond motifs is 2. The van der Waals surface area contributed by atoms with Gasteiger partial charge < -0.3 is 24.1 Å². The number of benzene rings is 2. The minimum Gasteiger partial charge on any atom is -0.492 e. The van der Waals surface area contributed by atoms with Gasteiger partial charge in [-0.25, -0.2) is 4.39 Å². The lowest BCUT2D eigenvalue weighted by Crippen LogP contribution is -2.44. The molecule has 2 atom stereocenters. The lowest BCUT2D eigenvalue weighted by atomic mass is 9.90. The molecule has 1 aromatic heterocycles. The van der Waals surface area contributed by atoms with Crippen LogP contribution in [0.25, 0.3) is 11.1 Å². The van der Waals surface area contributed by atoms with E-state index in [1.54, 1.807) is 18.2 Å². The number of ether oxygens (including phenoxy) is 4. The molecule has 0 spiro atoms. The van der Waals surface area contributed by atoms with Gasteiger partial charge in [0.25, 0.3) is 0 Å². The van der Waals surface area contributed by atoms with Gasteiger partial charge in [-0.1, -0.05) is 13.0 Å². The van der Waals surface area contributed by atoms with E-state index in [9.17, 15) is 9.18 Å². The smallest absolute Gasteiger partial charge is 0.316 e. The van der Waals surface area contributed by atoms with Crippen molar-refractivity contribution >= 4 is 5.97 Å². The first kappa shape index (κ1) is 25.6. The van der Waals surface area contributed by atoms with Crippen LogP contribution in [-0.4, -0.2) is 47.5 Å². The first-order chi connectivity index (χ1) is 18.7. The Morgan fingerprint density at radius 3 is 2.62 bits per heavy atom. The fraction of sp³-hybridized carbons (Fsp3) is 0.433. The second-order valence-corrected chi connectivity index (χ2v) is 11.1. The van der Waals surface area contributed by atoms with Crippen molar-refractivity contribution in [3.8, 4) is 28.6 Å². The predicted molar refractivity (Wildman–Crippen MR) is 140 cm³/mol. The average Bonchev–Trinajstić information content (AvgIpc) is 3.44. The summed E-state index contributed by atoms with van der Waals surface area (Å²) in [6.07, 6.45) is 1.13. The van der Waals surface area contributed by atoms with Gasteiger partial charge in [0, 0.05) is 28.5 Å². The van der Waals surface area contributed by atoms with E-state index in [-0.39, 0.29) is 29.7 Å². The van der Waals surface area contributed by atoms with Crippen LogP contribution >= 0.6 is 0 Å². The Morgan fingerprint density at radius 1 is 1.15 bits per heavy atom. The van der Waals surface area contributed by atoms with Crippen molar-refractivity contribution in [2.45, 2.75) is 52.1 Å². The Bertz CT molecular complexity index is 1430. The standard InChI is InChI=1S/C30H31FN2O6/c1-16-28(17(2)33-29(32-16)38-15-30(3)13-36-14-30)24-10-19(31)9-23-22(24)6-7-25(23)39-20-4-5-21-18(8-27(34)35)12-37-26(21)11-20/h4-5,9-11,18,25H,6-8,12-15H2,1-3H3,(H,34,35)/t18-,25-/m1/s1. The van der Waals surface area contributed by atoms with Crippen LogP contribution in [0, 0.1) is 25.1 Å². The molecule has 1 fully saturated rings. The fourth-order valence-corrected chi connectivity index (χ4v) is 5.79. The van der Waals surface area contributed by atoms with Gasteiger partial charge in [0.05, 0.1) is 37.6 Å². The molecule has 0 radical (unpaired) electrons. The van der Waals surface area contributed by atoms with Gasteiger partial charge in [-0.2, -0.15) is 9.97 Å². The van der Waals surface area contributed by atoms with Crippen LogP contribution in [0.3, 0.4) is 0 Å². The van der Waals surface area contributed by atoms with Crippen molar-refractivity contribution in [1.82, 2.24) is 9.97 Å². The van der Waals surface area contributed by atoms with Crippen LogP contribution in [0.4, 0.5) is 4.39 Å². The number of nitrogens with zero attached hydrogens (tertiary/aromatic N) is 2. The number of aromatic nitrogens is 2. The Kier molecular flexibility index (Phi) is 6.41. The van der Waals surface area contributed by atoms with E-state index in [0.717, 1.165) is 45.6 Å². The minimum atomic E-state index is -0.853. The molecule has 9 heteroatoms. The number of rotatable bonds is 8. The van der Waals surface area contributed by atoms with Crippen LogP contribution in [0.2, 0.25) is 0 Å². The van der Waals surface area contributed by atoms with Crippen LogP contribution in [0.15, 0.2) is 30.3 Å². The number of carbonyl (C=O) groups is 1. The molecule has 2 aromatic carbocycles. The number of carboxylic acid groups (broad SMARTS) is 1. The Balaban J connectivity index is 1.25. The second kappa shape index (κ2) is 9.79. The zero-order chi connectivity index (χ0) is 27.3. The van der Waals surface area contributed by atoms with Crippen molar-refractivity contribution in [3.05, 3.63) is 64.2 Å². The number of hydrogen-bond donors (Lipinski definition) is 1. The molecule has 3 heterocycles. The van der Waals surface area contributed by atoms with E-state index in [2.05, 4.69) is 16.9 Å². The monoisotopic (exact) mass is 534 g/mol. The van der Waals surface area contributed by atoms with E-state index in [4.69, 9.17) is 24.1 Å². The molecule has 2 aliphatic heterocycles. The lowest BCUT2D eigenvalue weighted by Gasteiger charge is -2.37. The fourth-order valence-electron chi connectivity index (χ4n) is 5.79. The van der Waals surface area contributed by atoms with Crippen molar-refractivity contribution in [1.29, 1.82) is 0 Å². The van der Waals surface area contributed by atoms with Gasteiger partial charge in [0.1, 0.15) is 30.0 Å². The summed E-state index contributed by atoms with van der Waals surface area (Å²) in [6, 6.07) is 8.92. The molecule has 1 saturated heterocycles.